The lowest BCUT2D eigenvalue weighted by Crippen LogP contribution is -2.36. The van der Waals surface area contributed by atoms with Crippen LogP contribution in [0.2, 0.25) is 0 Å². The molecule has 130 valence electrons. The maximum atomic E-state index is 12.8. The predicted octanol–water partition coefficient (Wildman–Crippen LogP) is 3.88. The zero-order chi connectivity index (χ0) is 18.0. The Morgan fingerprint density at radius 3 is 2.56 bits per heavy atom. The van der Waals surface area contributed by atoms with E-state index in [2.05, 4.69) is 15.9 Å². The molecule has 2 aromatic rings. The van der Waals surface area contributed by atoms with Crippen LogP contribution in [-0.4, -0.2) is 36.9 Å². The fraction of sp³-hybridized carbons (Fsp3) is 0.300. The summed E-state index contributed by atoms with van der Waals surface area (Å²) in [4.78, 5) is 29.0. The molecule has 0 N–H and O–H groups in total. The first-order chi connectivity index (χ1) is 12.0. The van der Waals surface area contributed by atoms with Crippen molar-refractivity contribution in [2.24, 2.45) is 5.92 Å². The van der Waals surface area contributed by atoms with Gasteiger partial charge in [-0.3, -0.25) is 9.59 Å². The normalized spacial score (nSPS) is 16.8. The molecule has 1 fully saturated rings. The average molecular weight is 401 g/mol. The zero-order valence-electron chi connectivity index (χ0n) is 14.4. The minimum atomic E-state index is -0.154. The lowest BCUT2D eigenvalue weighted by Gasteiger charge is -2.22. The second kappa shape index (κ2) is 7.40. The first-order valence-electron chi connectivity index (χ1n) is 8.35. The highest BCUT2D eigenvalue weighted by Crippen LogP contribution is 2.26. The molecule has 0 radical (unpaired) electrons. The van der Waals surface area contributed by atoms with Crippen molar-refractivity contribution < 1.29 is 9.59 Å². The van der Waals surface area contributed by atoms with Gasteiger partial charge in [-0.1, -0.05) is 24.3 Å². The standard InChI is InChI=1S/C20H21BrN2O2/c1-14-8-9-17(18(21)12-14)20(25)23-11-10-15(13-23)19(24)22(2)16-6-4-3-5-7-16/h3-9,12,15H,10-11,13H2,1-2H3. The largest absolute Gasteiger partial charge is 0.338 e. The Labute approximate surface area is 156 Å². The van der Waals surface area contributed by atoms with Gasteiger partial charge in [0, 0.05) is 30.3 Å². The second-order valence-electron chi connectivity index (χ2n) is 6.45. The average Bonchev–Trinajstić information content (AvgIpc) is 3.11. The molecule has 0 bridgehead atoms. The van der Waals surface area contributed by atoms with Gasteiger partial charge >= 0.3 is 0 Å². The number of anilines is 1. The van der Waals surface area contributed by atoms with Crippen molar-refractivity contribution in [2.45, 2.75) is 13.3 Å². The Morgan fingerprint density at radius 2 is 1.88 bits per heavy atom. The minimum Gasteiger partial charge on any atom is -0.338 e. The van der Waals surface area contributed by atoms with Crippen molar-refractivity contribution >= 4 is 33.4 Å². The number of hydrogen-bond donors (Lipinski definition) is 0. The van der Waals surface area contributed by atoms with E-state index in [1.165, 1.54) is 0 Å². The zero-order valence-corrected chi connectivity index (χ0v) is 16.0. The fourth-order valence-corrected chi connectivity index (χ4v) is 3.83. The summed E-state index contributed by atoms with van der Waals surface area (Å²) >= 11 is 3.47. The van der Waals surface area contributed by atoms with Crippen molar-refractivity contribution in [3.05, 3.63) is 64.1 Å². The first-order valence-corrected chi connectivity index (χ1v) is 9.14. The summed E-state index contributed by atoms with van der Waals surface area (Å²) in [5.74, 6) is -0.118. The number of rotatable bonds is 3. The van der Waals surface area contributed by atoms with Crippen LogP contribution in [0.25, 0.3) is 0 Å². The highest BCUT2D eigenvalue weighted by molar-refractivity contribution is 9.10. The molecule has 4 nitrogen and oxygen atoms in total. The summed E-state index contributed by atoms with van der Waals surface area (Å²) in [6.07, 6.45) is 0.700. The molecule has 1 aliphatic rings. The molecule has 2 aromatic carbocycles. The van der Waals surface area contributed by atoms with Crippen molar-refractivity contribution in [3.63, 3.8) is 0 Å². The maximum Gasteiger partial charge on any atom is 0.255 e. The summed E-state index contributed by atoms with van der Waals surface area (Å²) in [6, 6.07) is 15.3. The summed E-state index contributed by atoms with van der Waals surface area (Å²) in [7, 11) is 1.79. The Hall–Kier alpha value is -2.14. The van der Waals surface area contributed by atoms with Crippen LogP contribution in [-0.2, 0) is 4.79 Å². The van der Waals surface area contributed by atoms with Gasteiger partial charge in [-0.2, -0.15) is 0 Å². The molecule has 25 heavy (non-hydrogen) atoms. The smallest absolute Gasteiger partial charge is 0.255 e. The number of aryl methyl sites for hydroxylation is 1. The summed E-state index contributed by atoms with van der Waals surface area (Å²) in [6.45, 7) is 3.07. The van der Waals surface area contributed by atoms with E-state index in [0.717, 1.165) is 15.7 Å². The molecule has 0 saturated carbocycles. The lowest BCUT2D eigenvalue weighted by molar-refractivity contribution is -0.121. The molecule has 5 heteroatoms. The topological polar surface area (TPSA) is 40.6 Å². The predicted molar refractivity (Wildman–Crippen MR) is 103 cm³/mol. The van der Waals surface area contributed by atoms with E-state index in [4.69, 9.17) is 0 Å². The quantitative estimate of drug-likeness (QED) is 0.783. The van der Waals surface area contributed by atoms with Gasteiger partial charge in [0.05, 0.1) is 11.5 Å². The Morgan fingerprint density at radius 1 is 1.16 bits per heavy atom. The number of halogens is 1. The number of benzene rings is 2. The number of para-hydroxylation sites is 1. The summed E-state index contributed by atoms with van der Waals surface area (Å²) in [5, 5.41) is 0. The Balaban J connectivity index is 1.69. The molecule has 0 aromatic heterocycles. The molecule has 1 aliphatic heterocycles. The Kier molecular flexibility index (Phi) is 5.23. The van der Waals surface area contributed by atoms with E-state index >= 15 is 0 Å². The van der Waals surface area contributed by atoms with Crippen molar-refractivity contribution in [2.75, 3.05) is 25.0 Å². The van der Waals surface area contributed by atoms with Crippen LogP contribution >= 0.6 is 15.9 Å². The van der Waals surface area contributed by atoms with Crippen LogP contribution in [0.1, 0.15) is 22.3 Å². The van der Waals surface area contributed by atoms with E-state index in [-0.39, 0.29) is 17.7 Å². The number of nitrogens with zero attached hydrogens (tertiary/aromatic N) is 2. The highest BCUT2D eigenvalue weighted by Gasteiger charge is 2.33. The summed E-state index contributed by atoms with van der Waals surface area (Å²) < 4.78 is 0.800. The second-order valence-corrected chi connectivity index (χ2v) is 7.31. The van der Waals surface area contributed by atoms with E-state index in [9.17, 15) is 9.59 Å². The first kappa shape index (κ1) is 17.7. The van der Waals surface area contributed by atoms with Gasteiger partial charge in [0.15, 0.2) is 0 Å². The van der Waals surface area contributed by atoms with Crippen LogP contribution in [0.4, 0.5) is 5.69 Å². The van der Waals surface area contributed by atoms with Gasteiger partial charge in [-0.25, -0.2) is 0 Å². The van der Waals surface area contributed by atoms with Crippen LogP contribution in [0.3, 0.4) is 0 Å². The van der Waals surface area contributed by atoms with Gasteiger partial charge < -0.3 is 9.80 Å². The molecule has 1 heterocycles. The van der Waals surface area contributed by atoms with E-state index in [0.29, 0.717) is 25.1 Å². The number of likely N-dealkylation sites (tertiary alicyclic amines) is 1. The molecule has 1 saturated heterocycles. The maximum absolute atomic E-state index is 12.8. The molecule has 3 rings (SSSR count). The van der Waals surface area contributed by atoms with Crippen LogP contribution < -0.4 is 4.90 Å². The van der Waals surface area contributed by atoms with E-state index in [1.54, 1.807) is 16.8 Å². The number of hydrogen-bond acceptors (Lipinski definition) is 2. The Bertz CT molecular complexity index is 792. The van der Waals surface area contributed by atoms with Crippen LogP contribution in [0.15, 0.2) is 53.0 Å². The van der Waals surface area contributed by atoms with Gasteiger partial charge in [0.2, 0.25) is 5.91 Å². The number of carbonyl (C=O) groups excluding carboxylic acids is 2. The van der Waals surface area contributed by atoms with Crippen LogP contribution in [0.5, 0.6) is 0 Å². The lowest BCUT2D eigenvalue weighted by atomic mass is 10.1. The monoisotopic (exact) mass is 400 g/mol. The van der Waals surface area contributed by atoms with Crippen molar-refractivity contribution in [3.8, 4) is 0 Å². The van der Waals surface area contributed by atoms with Crippen molar-refractivity contribution in [1.29, 1.82) is 0 Å². The highest BCUT2D eigenvalue weighted by atomic mass is 79.9. The SMILES string of the molecule is Cc1ccc(C(=O)N2CCC(C(=O)N(C)c3ccccc3)C2)c(Br)c1. The molecular weight excluding hydrogens is 380 g/mol. The molecule has 1 atom stereocenters. The van der Waals surface area contributed by atoms with Crippen LogP contribution in [0, 0.1) is 12.8 Å². The third kappa shape index (κ3) is 3.76. The number of amides is 2. The summed E-state index contributed by atoms with van der Waals surface area (Å²) in [5.41, 5.74) is 2.62. The van der Waals surface area contributed by atoms with Crippen molar-refractivity contribution in [1.82, 2.24) is 4.90 Å². The molecule has 0 spiro atoms. The minimum absolute atomic E-state index is 0.0236. The molecule has 0 aliphatic carbocycles. The third-order valence-electron chi connectivity index (χ3n) is 4.65. The fourth-order valence-electron chi connectivity index (χ4n) is 3.16. The molecule has 2 amide bonds. The van der Waals surface area contributed by atoms with Gasteiger partial charge in [-0.05, 0) is 59.1 Å². The molecule has 1 unspecified atom stereocenters. The molecular formula is C20H21BrN2O2. The van der Waals surface area contributed by atoms with Gasteiger partial charge in [-0.15, -0.1) is 0 Å². The van der Waals surface area contributed by atoms with Gasteiger partial charge in [0.1, 0.15) is 0 Å². The van der Waals surface area contributed by atoms with E-state index < -0.39 is 0 Å². The van der Waals surface area contributed by atoms with Gasteiger partial charge in [0.25, 0.3) is 5.91 Å². The third-order valence-corrected chi connectivity index (χ3v) is 5.31. The van der Waals surface area contributed by atoms with E-state index in [1.807, 2.05) is 55.5 Å². The number of carbonyl (C=O) groups is 2.